The van der Waals surface area contributed by atoms with Crippen molar-refractivity contribution >= 4 is 0 Å². The lowest BCUT2D eigenvalue weighted by molar-refractivity contribution is 0.0182. The monoisotopic (exact) mass is 208 g/mol. The molecule has 84 valence electrons. The second-order valence-corrected chi connectivity index (χ2v) is 5.13. The first-order valence-electron chi connectivity index (χ1n) is 5.75. The van der Waals surface area contributed by atoms with E-state index >= 15 is 0 Å². The molecule has 0 radical (unpaired) electrons. The van der Waals surface area contributed by atoms with Crippen LogP contribution in [0.5, 0.6) is 0 Å². The maximum absolute atomic E-state index is 10.3. The van der Waals surface area contributed by atoms with Gasteiger partial charge in [-0.2, -0.15) is 0 Å². The zero-order valence-corrected chi connectivity index (χ0v) is 9.61. The van der Waals surface area contributed by atoms with Crippen LogP contribution in [0.1, 0.15) is 38.4 Å². The van der Waals surface area contributed by atoms with Crippen LogP contribution in [-0.2, 0) is 13.5 Å². The van der Waals surface area contributed by atoms with Crippen molar-refractivity contribution < 1.29 is 5.11 Å². The molecule has 1 aliphatic carbocycles. The van der Waals surface area contributed by atoms with E-state index in [-0.39, 0.29) is 0 Å². The fourth-order valence-electron chi connectivity index (χ4n) is 2.30. The summed E-state index contributed by atoms with van der Waals surface area (Å²) in [7, 11) is 1.97. The first kappa shape index (κ1) is 10.7. The first-order chi connectivity index (χ1) is 7.07. The van der Waals surface area contributed by atoms with E-state index in [1.807, 2.05) is 24.7 Å². The zero-order valence-electron chi connectivity index (χ0n) is 9.61. The van der Waals surface area contributed by atoms with Crippen LogP contribution in [0.4, 0.5) is 0 Å². The Morgan fingerprint density at radius 1 is 1.60 bits per heavy atom. The molecule has 0 saturated heterocycles. The van der Waals surface area contributed by atoms with Crippen LogP contribution in [0, 0.1) is 5.92 Å². The van der Waals surface area contributed by atoms with Crippen molar-refractivity contribution in [3.63, 3.8) is 0 Å². The highest BCUT2D eigenvalue weighted by Crippen LogP contribution is 2.34. The Labute approximate surface area is 91.1 Å². The van der Waals surface area contributed by atoms with Crippen molar-refractivity contribution in [2.24, 2.45) is 13.0 Å². The molecular formula is C12H20N2O. The number of hydrogen-bond donors (Lipinski definition) is 1. The molecule has 1 heterocycles. The van der Waals surface area contributed by atoms with Gasteiger partial charge in [-0.05, 0) is 19.3 Å². The summed E-state index contributed by atoms with van der Waals surface area (Å²) in [6.45, 7) is 1.93. The second-order valence-electron chi connectivity index (χ2n) is 5.13. The highest BCUT2D eigenvalue weighted by molar-refractivity contribution is 4.97. The van der Waals surface area contributed by atoms with Crippen LogP contribution in [0.25, 0.3) is 0 Å². The zero-order chi connectivity index (χ0) is 10.9. The molecular weight excluding hydrogens is 188 g/mol. The maximum Gasteiger partial charge on any atom is 0.111 e. The van der Waals surface area contributed by atoms with Gasteiger partial charge >= 0.3 is 0 Å². The molecule has 0 aliphatic heterocycles. The van der Waals surface area contributed by atoms with Gasteiger partial charge in [-0.25, -0.2) is 4.98 Å². The van der Waals surface area contributed by atoms with Crippen molar-refractivity contribution in [3.8, 4) is 0 Å². The number of aliphatic hydroxyl groups is 1. The van der Waals surface area contributed by atoms with Crippen molar-refractivity contribution in [1.82, 2.24) is 9.55 Å². The van der Waals surface area contributed by atoms with Gasteiger partial charge in [0.05, 0.1) is 5.60 Å². The molecule has 1 aromatic rings. The standard InChI is InChI=1S/C12H20N2O/c1-12(15,8-10-4-3-5-10)9-11-13-6-7-14(11)2/h6-7,10,15H,3-5,8-9H2,1-2H3. The van der Waals surface area contributed by atoms with Crippen LogP contribution in [0.2, 0.25) is 0 Å². The normalized spacial score (nSPS) is 21.0. The van der Waals surface area contributed by atoms with E-state index < -0.39 is 5.60 Å². The molecule has 1 saturated carbocycles. The Balaban J connectivity index is 1.94. The minimum atomic E-state index is -0.593. The molecule has 0 amide bonds. The van der Waals surface area contributed by atoms with Crippen LogP contribution >= 0.6 is 0 Å². The third kappa shape index (κ3) is 2.59. The Morgan fingerprint density at radius 2 is 2.33 bits per heavy atom. The lowest BCUT2D eigenvalue weighted by atomic mass is 9.77. The van der Waals surface area contributed by atoms with Gasteiger partial charge in [0.15, 0.2) is 0 Å². The third-order valence-corrected chi connectivity index (χ3v) is 3.41. The van der Waals surface area contributed by atoms with Gasteiger partial charge in [-0.15, -0.1) is 0 Å². The average Bonchev–Trinajstić information content (AvgIpc) is 2.45. The van der Waals surface area contributed by atoms with E-state index in [9.17, 15) is 5.11 Å². The Bertz CT molecular complexity index is 326. The highest BCUT2D eigenvalue weighted by Gasteiger charge is 2.30. The van der Waals surface area contributed by atoms with Gasteiger partial charge in [0.1, 0.15) is 5.82 Å². The Morgan fingerprint density at radius 3 is 2.80 bits per heavy atom. The highest BCUT2D eigenvalue weighted by atomic mass is 16.3. The minimum Gasteiger partial charge on any atom is -0.390 e. The molecule has 1 fully saturated rings. The van der Waals surface area contributed by atoms with Gasteiger partial charge in [0.25, 0.3) is 0 Å². The van der Waals surface area contributed by atoms with Crippen LogP contribution in [-0.4, -0.2) is 20.3 Å². The fourth-order valence-corrected chi connectivity index (χ4v) is 2.30. The van der Waals surface area contributed by atoms with E-state index in [2.05, 4.69) is 4.98 Å². The summed E-state index contributed by atoms with van der Waals surface area (Å²) in [6, 6.07) is 0. The third-order valence-electron chi connectivity index (χ3n) is 3.41. The summed E-state index contributed by atoms with van der Waals surface area (Å²) in [6.07, 6.45) is 9.20. The lowest BCUT2D eigenvalue weighted by Gasteiger charge is -2.33. The lowest BCUT2D eigenvalue weighted by Crippen LogP contribution is -2.33. The van der Waals surface area contributed by atoms with E-state index in [4.69, 9.17) is 0 Å². The van der Waals surface area contributed by atoms with E-state index in [0.29, 0.717) is 6.42 Å². The van der Waals surface area contributed by atoms with Crippen molar-refractivity contribution in [3.05, 3.63) is 18.2 Å². The summed E-state index contributed by atoms with van der Waals surface area (Å²) < 4.78 is 1.98. The maximum atomic E-state index is 10.3. The summed E-state index contributed by atoms with van der Waals surface area (Å²) in [5.41, 5.74) is -0.593. The Kier molecular flexibility index (Phi) is 2.83. The van der Waals surface area contributed by atoms with Crippen LogP contribution in [0.3, 0.4) is 0 Å². The minimum absolute atomic E-state index is 0.593. The molecule has 2 rings (SSSR count). The van der Waals surface area contributed by atoms with Crippen molar-refractivity contribution in [2.45, 2.75) is 44.6 Å². The predicted molar refractivity (Wildman–Crippen MR) is 59.5 cm³/mol. The average molecular weight is 208 g/mol. The number of nitrogens with zero attached hydrogens (tertiary/aromatic N) is 2. The number of rotatable bonds is 4. The van der Waals surface area contributed by atoms with Gasteiger partial charge in [-0.1, -0.05) is 19.3 Å². The van der Waals surface area contributed by atoms with Gasteiger partial charge in [0.2, 0.25) is 0 Å². The molecule has 3 nitrogen and oxygen atoms in total. The molecule has 1 aliphatic rings. The van der Waals surface area contributed by atoms with Gasteiger partial charge in [-0.3, -0.25) is 0 Å². The fraction of sp³-hybridized carbons (Fsp3) is 0.750. The van der Waals surface area contributed by atoms with E-state index in [1.54, 1.807) is 6.20 Å². The summed E-state index contributed by atoms with van der Waals surface area (Å²) in [5.74, 6) is 1.71. The Hall–Kier alpha value is -0.830. The number of hydrogen-bond acceptors (Lipinski definition) is 2. The number of imidazole rings is 1. The van der Waals surface area contributed by atoms with Crippen molar-refractivity contribution in [2.75, 3.05) is 0 Å². The largest absolute Gasteiger partial charge is 0.390 e. The van der Waals surface area contributed by atoms with E-state index in [0.717, 1.165) is 18.2 Å². The number of aromatic nitrogens is 2. The first-order valence-corrected chi connectivity index (χ1v) is 5.75. The second kappa shape index (κ2) is 3.97. The SMILES string of the molecule is Cn1ccnc1CC(C)(O)CC1CCC1. The number of aryl methyl sites for hydroxylation is 1. The van der Waals surface area contributed by atoms with Gasteiger partial charge < -0.3 is 9.67 Å². The predicted octanol–water partition coefficient (Wildman–Crippen LogP) is 1.90. The molecule has 1 aromatic heterocycles. The summed E-state index contributed by atoms with van der Waals surface area (Å²) in [4.78, 5) is 4.26. The van der Waals surface area contributed by atoms with Gasteiger partial charge in [0, 0.05) is 25.9 Å². The molecule has 0 bridgehead atoms. The molecule has 3 heteroatoms. The topological polar surface area (TPSA) is 38.0 Å². The summed E-state index contributed by atoms with van der Waals surface area (Å²) >= 11 is 0. The molecule has 1 unspecified atom stereocenters. The molecule has 1 atom stereocenters. The van der Waals surface area contributed by atoms with Crippen LogP contribution < -0.4 is 0 Å². The quantitative estimate of drug-likeness (QED) is 0.820. The summed E-state index contributed by atoms with van der Waals surface area (Å²) in [5, 5.41) is 10.3. The van der Waals surface area contributed by atoms with E-state index in [1.165, 1.54) is 19.3 Å². The molecule has 0 aromatic carbocycles. The molecule has 15 heavy (non-hydrogen) atoms. The smallest absolute Gasteiger partial charge is 0.111 e. The van der Waals surface area contributed by atoms with Crippen LogP contribution in [0.15, 0.2) is 12.4 Å². The van der Waals surface area contributed by atoms with Crippen molar-refractivity contribution in [1.29, 1.82) is 0 Å². The molecule has 0 spiro atoms. The molecule has 1 N–H and O–H groups in total.